The van der Waals surface area contributed by atoms with Gasteiger partial charge in [-0.3, -0.25) is 4.68 Å². The fourth-order valence-electron chi connectivity index (χ4n) is 3.14. The van der Waals surface area contributed by atoms with E-state index in [1.165, 1.54) is 29.1 Å². The summed E-state index contributed by atoms with van der Waals surface area (Å²) in [5, 5.41) is 4.86. The average Bonchev–Trinajstić information content (AvgIpc) is 3.09. The van der Waals surface area contributed by atoms with Crippen molar-refractivity contribution in [3.05, 3.63) is 71.4 Å². The van der Waals surface area contributed by atoms with Crippen molar-refractivity contribution in [1.29, 1.82) is 0 Å². The van der Waals surface area contributed by atoms with Crippen molar-refractivity contribution in [1.82, 2.24) is 19.7 Å². The Morgan fingerprint density at radius 2 is 1.90 bits per heavy atom. The predicted octanol–water partition coefficient (Wildman–Crippen LogP) is 3.58. The van der Waals surface area contributed by atoms with Crippen molar-refractivity contribution in [3.8, 4) is 11.5 Å². The summed E-state index contributed by atoms with van der Waals surface area (Å²) in [5.74, 6) is -1.53. The van der Waals surface area contributed by atoms with E-state index < -0.39 is 17.6 Å². The van der Waals surface area contributed by atoms with E-state index in [1.54, 1.807) is 31.2 Å². The van der Waals surface area contributed by atoms with Crippen LogP contribution in [0.4, 0.5) is 14.6 Å². The lowest BCUT2D eigenvalue weighted by Crippen LogP contribution is -2.11. The van der Waals surface area contributed by atoms with Gasteiger partial charge in [-0.05, 0) is 19.1 Å². The van der Waals surface area contributed by atoms with Gasteiger partial charge in [-0.15, -0.1) is 0 Å². The SMILES string of the molecule is CCOC(=O)c1cnc(-c2nn(Cc3ccccc3F)c3c(F)cccc23)nc1N. The molecule has 9 heteroatoms. The number of hydrogen-bond acceptors (Lipinski definition) is 6. The lowest BCUT2D eigenvalue weighted by atomic mass is 10.1. The van der Waals surface area contributed by atoms with Crippen molar-refractivity contribution >= 4 is 22.7 Å². The van der Waals surface area contributed by atoms with Crippen LogP contribution in [0.1, 0.15) is 22.8 Å². The highest BCUT2D eigenvalue weighted by Gasteiger charge is 2.21. The second-order valence-corrected chi connectivity index (χ2v) is 6.45. The Bertz CT molecular complexity index is 1260. The van der Waals surface area contributed by atoms with Crippen LogP contribution in [0.15, 0.2) is 48.7 Å². The number of halogens is 2. The fraction of sp³-hybridized carbons (Fsp3) is 0.143. The maximum absolute atomic E-state index is 14.6. The summed E-state index contributed by atoms with van der Waals surface area (Å²) in [4.78, 5) is 20.2. The molecule has 0 atom stereocenters. The summed E-state index contributed by atoms with van der Waals surface area (Å²) in [5.41, 5.74) is 6.74. The first-order valence-corrected chi connectivity index (χ1v) is 9.18. The van der Waals surface area contributed by atoms with E-state index in [9.17, 15) is 13.6 Å². The Kier molecular flexibility index (Phi) is 5.09. The number of hydrogen-bond donors (Lipinski definition) is 1. The number of benzene rings is 2. The topological polar surface area (TPSA) is 95.9 Å². The molecule has 2 N–H and O–H groups in total. The second-order valence-electron chi connectivity index (χ2n) is 6.45. The number of esters is 1. The Labute approximate surface area is 170 Å². The second kappa shape index (κ2) is 7.86. The van der Waals surface area contributed by atoms with Crippen molar-refractivity contribution in [2.75, 3.05) is 12.3 Å². The van der Waals surface area contributed by atoms with Crippen LogP contribution in [-0.4, -0.2) is 32.3 Å². The van der Waals surface area contributed by atoms with Gasteiger partial charge >= 0.3 is 5.97 Å². The maximum atomic E-state index is 14.6. The minimum Gasteiger partial charge on any atom is -0.462 e. The fourth-order valence-corrected chi connectivity index (χ4v) is 3.14. The van der Waals surface area contributed by atoms with Crippen LogP contribution in [0.5, 0.6) is 0 Å². The molecule has 0 saturated heterocycles. The van der Waals surface area contributed by atoms with Crippen LogP contribution in [0, 0.1) is 11.6 Å². The number of aromatic nitrogens is 4. The van der Waals surface area contributed by atoms with Crippen molar-refractivity contribution in [2.24, 2.45) is 0 Å². The van der Waals surface area contributed by atoms with E-state index >= 15 is 0 Å². The van der Waals surface area contributed by atoms with Crippen LogP contribution < -0.4 is 5.73 Å². The molecule has 0 aliphatic carbocycles. The van der Waals surface area contributed by atoms with E-state index in [2.05, 4.69) is 15.1 Å². The third-order valence-corrected chi connectivity index (χ3v) is 4.52. The van der Waals surface area contributed by atoms with E-state index in [0.29, 0.717) is 10.9 Å². The molecule has 152 valence electrons. The van der Waals surface area contributed by atoms with Crippen LogP contribution >= 0.6 is 0 Å². The minimum atomic E-state index is -0.637. The molecule has 0 bridgehead atoms. The molecule has 0 aliphatic rings. The third-order valence-electron chi connectivity index (χ3n) is 4.52. The molecule has 2 heterocycles. The highest BCUT2D eigenvalue weighted by molar-refractivity contribution is 5.95. The van der Waals surface area contributed by atoms with Gasteiger partial charge in [0, 0.05) is 17.1 Å². The molecule has 7 nitrogen and oxygen atoms in total. The Hall–Kier alpha value is -3.88. The van der Waals surface area contributed by atoms with Gasteiger partial charge in [-0.25, -0.2) is 23.5 Å². The van der Waals surface area contributed by atoms with Gasteiger partial charge in [0.2, 0.25) is 0 Å². The number of carbonyl (C=O) groups excluding carboxylic acids is 1. The summed E-state index contributed by atoms with van der Waals surface area (Å²) in [6.07, 6.45) is 1.25. The van der Waals surface area contributed by atoms with Gasteiger partial charge in [0.1, 0.15) is 34.2 Å². The van der Waals surface area contributed by atoms with Crippen LogP contribution in [0.3, 0.4) is 0 Å². The van der Waals surface area contributed by atoms with Gasteiger partial charge in [0.05, 0.1) is 13.2 Å². The summed E-state index contributed by atoms with van der Waals surface area (Å²) in [6, 6.07) is 10.7. The molecule has 4 aromatic rings. The number of nitrogen functional groups attached to an aromatic ring is 1. The van der Waals surface area contributed by atoms with Gasteiger partial charge in [0.15, 0.2) is 5.82 Å². The van der Waals surface area contributed by atoms with E-state index in [1.807, 2.05) is 0 Å². The highest BCUT2D eigenvalue weighted by Crippen LogP contribution is 2.29. The van der Waals surface area contributed by atoms with Gasteiger partial charge in [0.25, 0.3) is 0 Å². The van der Waals surface area contributed by atoms with Crippen molar-refractivity contribution in [2.45, 2.75) is 13.5 Å². The molecule has 2 aromatic carbocycles. The van der Waals surface area contributed by atoms with Gasteiger partial charge in [-0.1, -0.05) is 30.3 Å². The Balaban J connectivity index is 1.83. The molecule has 0 spiro atoms. The van der Waals surface area contributed by atoms with E-state index in [4.69, 9.17) is 10.5 Å². The van der Waals surface area contributed by atoms with E-state index in [0.717, 1.165) is 0 Å². The van der Waals surface area contributed by atoms with Gasteiger partial charge in [-0.2, -0.15) is 5.10 Å². The van der Waals surface area contributed by atoms with Crippen molar-refractivity contribution < 1.29 is 18.3 Å². The number of para-hydroxylation sites is 1. The summed E-state index contributed by atoms with van der Waals surface area (Å²) >= 11 is 0. The lowest BCUT2D eigenvalue weighted by Gasteiger charge is -2.06. The molecular weight excluding hydrogens is 392 g/mol. The molecule has 4 rings (SSSR count). The molecule has 0 fully saturated rings. The zero-order chi connectivity index (χ0) is 21.3. The standard InChI is InChI=1S/C21H17F2N5O2/c1-2-30-21(29)14-10-25-20(26-19(14)24)17-13-7-5-9-16(23)18(13)28(27-17)11-12-6-3-4-8-15(12)22/h3-10H,2,11H2,1H3,(H2,24,25,26). The first kappa shape index (κ1) is 19.4. The number of anilines is 1. The number of carbonyl (C=O) groups is 1. The predicted molar refractivity (Wildman–Crippen MR) is 107 cm³/mol. The maximum Gasteiger partial charge on any atom is 0.343 e. The Morgan fingerprint density at radius 1 is 1.13 bits per heavy atom. The average molecular weight is 409 g/mol. The first-order chi connectivity index (χ1) is 14.5. The molecule has 0 radical (unpaired) electrons. The van der Waals surface area contributed by atoms with E-state index in [-0.39, 0.29) is 41.6 Å². The molecule has 0 amide bonds. The number of nitrogens with two attached hydrogens (primary N) is 1. The number of ether oxygens (including phenoxy) is 1. The Morgan fingerprint density at radius 3 is 2.63 bits per heavy atom. The zero-order valence-electron chi connectivity index (χ0n) is 16.0. The molecule has 0 unspecified atom stereocenters. The molecular formula is C21H17F2N5O2. The number of fused-ring (bicyclic) bond motifs is 1. The zero-order valence-corrected chi connectivity index (χ0v) is 16.0. The normalized spacial score (nSPS) is 11.0. The molecule has 2 aromatic heterocycles. The minimum absolute atomic E-state index is 0.0144. The molecule has 0 aliphatic heterocycles. The highest BCUT2D eigenvalue weighted by atomic mass is 19.1. The van der Waals surface area contributed by atoms with Crippen molar-refractivity contribution in [3.63, 3.8) is 0 Å². The molecule has 0 saturated carbocycles. The lowest BCUT2D eigenvalue weighted by molar-refractivity contribution is 0.0527. The summed E-state index contributed by atoms with van der Waals surface area (Å²) in [7, 11) is 0. The van der Waals surface area contributed by atoms with Crippen LogP contribution in [-0.2, 0) is 11.3 Å². The third kappa shape index (κ3) is 3.45. The number of nitrogens with zero attached hydrogens (tertiary/aromatic N) is 4. The largest absolute Gasteiger partial charge is 0.462 e. The number of rotatable bonds is 5. The summed E-state index contributed by atoms with van der Waals surface area (Å²) in [6.45, 7) is 1.87. The van der Waals surface area contributed by atoms with Crippen LogP contribution in [0.25, 0.3) is 22.4 Å². The van der Waals surface area contributed by atoms with Crippen LogP contribution in [0.2, 0.25) is 0 Å². The molecule has 30 heavy (non-hydrogen) atoms. The summed E-state index contributed by atoms with van der Waals surface area (Å²) < 4.78 is 35.0. The van der Waals surface area contributed by atoms with Gasteiger partial charge < -0.3 is 10.5 Å². The first-order valence-electron chi connectivity index (χ1n) is 9.18. The quantitative estimate of drug-likeness (QED) is 0.506. The monoisotopic (exact) mass is 409 g/mol. The smallest absolute Gasteiger partial charge is 0.343 e.